The first kappa shape index (κ1) is 12.8. The van der Waals surface area contributed by atoms with Gasteiger partial charge in [0, 0.05) is 25.7 Å². The highest BCUT2D eigenvalue weighted by Gasteiger charge is 2.16. The van der Waals surface area contributed by atoms with Crippen LogP contribution in [0, 0.1) is 6.92 Å². The van der Waals surface area contributed by atoms with Crippen molar-refractivity contribution in [1.82, 2.24) is 20.0 Å². The Kier molecular flexibility index (Phi) is 4.09. The van der Waals surface area contributed by atoms with E-state index in [1.54, 1.807) is 18.0 Å². The number of hydrogen-bond donors (Lipinski definition) is 1. The number of hydrogen-bond acceptors (Lipinski definition) is 4. The molecule has 2 rings (SSSR count). The molecule has 0 atom stereocenters. The Hall–Kier alpha value is -1.69. The van der Waals surface area contributed by atoms with Gasteiger partial charge in [-0.1, -0.05) is 0 Å². The largest absolute Gasteiger partial charge is 0.340 e. The Bertz CT molecular complexity index is 475. The van der Waals surface area contributed by atoms with E-state index in [4.69, 9.17) is 0 Å². The van der Waals surface area contributed by atoms with Crippen molar-refractivity contribution >= 4 is 5.91 Å². The number of nitrogens with zero attached hydrogens (tertiary/aromatic N) is 3. The van der Waals surface area contributed by atoms with Crippen molar-refractivity contribution in [3.05, 3.63) is 28.2 Å². The van der Waals surface area contributed by atoms with Crippen LogP contribution in [-0.4, -0.2) is 46.8 Å². The SMILES string of the molecule is Cc1cnn(CC(=O)N2CCCNCC2)c(=O)c1. The van der Waals surface area contributed by atoms with Crippen molar-refractivity contribution < 1.29 is 4.79 Å². The zero-order valence-electron chi connectivity index (χ0n) is 10.6. The van der Waals surface area contributed by atoms with Gasteiger partial charge in [0.2, 0.25) is 5.91 Å². The number of carbonyl (C=O) groups excluding carboxylic acids is 1. The van der Waals surface area contributed by atoms with Crippen LogP contribution < -0.4 is 10.9 Å². The maximum Gasteiger partial charge on any atom is 0.267 e. The van der Waals surface area contributed by atoms with Crippen molar-refractivity contribution in [2.45, 2.75) is 19.9 Å². The van der Waals surface area contributed by atoms with Crippen molar-refractivity contribution in [3.63, 3.8) is 0 Å². The maximum atomic E-state index is 12.1. The first-order chi connectivity index (χ1) is 8.66. The summed E-state index contributed by atoms with van der Waals surface area (Å²) in [5, 5.41) is 7.21. The van der Waals surface area contributed by atoms with Crippen LogP contribution in [0.15, 0.2) is 17.1 Å². The molecule has 0 aromatic carbocycles. The van der Waals surface area contributed by atoms with E-state index in [1.165, 1.54) is 10.7 Å². The molecule has 1 aliphatic heterocycles. The summed E-state index contributed by atoms with van der Waals surface area (Å²) in [5.41, 5.74) is 0.582. The van der Waals surface area contributed by atoms with E-state index in [-0.39, 0.29) is 18.0 Å². The number of aryl methyl sites for hydroxylation is 1. The Morgan fingerprint density at radius 2 is 2.28 bits per heavy atom. The van der Waals surface area contributed by atoms with E-state index in [9.17, 15) is 9.59 Å². The molecule has 0 saturated carbocycles. The number of amides is 1. The molecular weight excluding hydrogens is 232 g/mol. The molecule has 1 saturated heterocycles. The third-order valence-corrected chi connectivity index (χ3v) is 2.98. The van der Waals surface area contributed by atoms with E-state index in [0.29, 0.717) is 6.54 Å². The molecule has 1 aliphatic rings. The number of carbonyl (C=O) groups is 1. The monoisotopic (exact) mass is 250 g/mol. The van der Waals surface area contributed by atoms with Gasteiger partial charge in [-0.05, 0) is 25.5 Å². The molecule has 6 nitrogen and oxygen atoms in total. The van der Waals surface area contributed by atoms with Gasteiger partial charge < -0.3 is 10.2 Å². The summed E-state index contributed by atoms with van der Waals surface area (Å²) >= 11 is 0. The van der Waals surface area contributed by atoms with Gasteiger partial charge >= 0.3 is 0 Å². The van der Waals surface area contributed by atoms with Gasteiger partial charge in [-0.15, -0.1) is 0 Å². The molecule has 1 N–H and O–H groups in total. The third-order valence-electron chi connectivity index (χ3n) is 2.98. The summed E-state index contributed by atoms with van der Waals surface area (Å²) < 4.78 is 1.22. The van der Waals surface area contributed by atoms with Gasteiger partial charge in [0.05, 0.1) is 6.20 Å². The van der Waals surface area contributed by atoms with E-state index < -0.39 is 0 Å². The van der Waals surface area contributed by atoms with Crippen LogP contribution in [0.5, 0.6) is 0 Å². The second-order valence-electron chi connectivity index (χ2n) is 4.51. The molecule has 0 radical (unpaired) electrons. The summed E-state index contributed by atoms with van der Waals surface area (Å²) in [6.07, 6.45) is 2.54. The van der Waals surface area contributed by atoms with Crippen LogP contribution in [0.3, 0.4) is 0 Å². The minimum Gasteiger partial charge on any atom is -0.340 e. The lowest BCUT2D eigenvalue weighted by Gasteiger charge is -2.19. The molecule has 0 bridgehead atoms. The molecule has 2 heterocycles. The van der Waals surface area contributed by atoms with E-state index >= 15 is 0 Å². The van der Waals surface area contributed by atoms with E-state index in [2.05, 4.69) is 10.4 Å². The zero-order chi connectivity index (χ0) is 13.0. The zero-order valence-corrected chi connectivity index (χ0v) is 10.6. The third kappa shape index (κ3) is 3.16. The first-order valence-electron chi connectivity index (χ1n) is 6.19. The fraction of sp³-hybridized carbons (Fsp3) is 0.583. The van der Waals surface area contributed by atoms with Crippen LogP contribution >= 0.6 is 0 Å². The van der Waals surface area contributed by atoms with Gasteiger partial charge in [0.1, 0.15) is 6.54 Å². The molecular formula is C12H18N4O2. The normalized spacial score (nSPS) is 16.4. The lowest BCUT2D eigenvalue weighted by Crippen LogP contribution is -2.39. The van der Waals surface area contributed by atoms with Gasteiger partial charge in [0.25, 0.3) is 5.56 Å². The van der Waals surface area contributed by atoms with Crippen LogP contribution in [-0.2, 0) is 11.3 Å². The molecule has 1 aromatic rings. The minimum atomic E-state index is -0.226. The molecule has 18 heavy (non-hydrogen) atoms. The van der Waals surface area contributed by atoms with Crippen LogP contribution in [0.25, 0.3) is 0 Å². The summed E-state index contributed by atoms with van der Waals surface area (Å²) in [6, 6.07) is 1.49. The maximum absolute atomic E-state index is 12.1. The molecule has 1 aromatic heterocycles. The lowest BCUT2D eigenvalue weighted by atomic mass is 10.3. The lowest BCUT2D eigenvalue weighted by molar-refractivity contribution is -0.131. The van der Waals surface area contributed by atoms with Gasteiger partial charge in [0.15, 0.2) is 0 Å². The molecule has 0 aliphatic carbocycles. The molecule has 1 amide bonds. The van der Waals surface area contributed by atoms with E-state index in [0.717, 1.165) is 31.6 Å². The number of aromatic nitrogens is 2. The second-order valence-corrected chi connectivity index (χ2v) is 4.51. The van der Waals surface area contributed by atoms with Crippen LogP contribution in [0.1, 0.15) is 12.0 Å². The predicted octanol–water partition coefficient (Wildman–Crippen LogP) is -0.626. The van der Waals surface area contributed by atoms with Crippen molar-refractivity contribution in [2.75, 3.05) is 26.2 Å². The predicted molar refractivity (Wildman–Crippen MR) is 67.3 cm³/mol. The topological polar surface area (TPSA) is 67.2 Å². The molecule has 98 valence electrons. The highest BCUT2D eigenvalue weighted by molar-refractivity contribution is 5.75. The fourth-order valence-corrected chi connectivity index (χ4v) is 1.97. The van der Waals surface area contributed by atoms with Crippen LogP contribution in [0.4, 0.5) is 0 Å². The van der Waals surface area contributed by atoms with Gasteiger partial charge in [-0.25, -0.2) is 4.68 Å². The van der Waals surface area contributed by atoms with Gasteiger partial charge in [-0.2, -0.15) is 5.10 Å². The fourth-order valence-electron chi connectivity index (χ4n) is 1.97. The Morgan fingerprint density at radius 1 is 1.44 bits per heavy atom. The molecule has 1 fully saturated rings. The average molecular weight is 250 g/mol. The quantitative estimate of drug-likeness (QED) is 0.759. The Balaban J connectivity index is 2.03. The molecule has 0 spiro atoms. The second kappa shape index (κ2) is 5.77. The Morgan fingerprint density at radius 3 is 3.06 bits per heavy atom. The number of nitrogens with one attached hydrogen (secondary N) is 1. The van der Waals surface area contributed by atoms with Crippen molar-refractivity contribution in [1.29, 1.82) is 0 Å². The summed E-state index contributed by atoms with van der Waals surface area (Å²) in [6.45, 7) is 5.01. The molecule has 0 unspecified atom stereocenters. The first-order valence-corrected chi connectivity index (χ1v) is 6.19. The summed E-state index contributed by atoms with van der Waals surface area (Å²) in [5.74, 6) is -0.0443. The average Bonchev–Trinajstić information content (AvgIpc) is 2.61. The highest BCUT2D eigenvalue weighted by Crippen LogP contribution is 1.97. The number of rotatable bonds is 2. The standard InChI is InChI=1S/C12H18N4O2/c1-10-7-11(17)16(14-8-10)9-12(18)15-5-2-3-13-4-6-15/h7-8,13H,2-6,9H2,1H3. The summed E-state index contributed by atoms with van der Waals surface area (Å²) in [4.78, 5) is 25.5. The smallest absolute Gasteiger partial charge is 0.267 e. The minimum absolute atomic E-state index is 0.0269. The highest BCUT2D eigenvalue weighted by atomic mass is 16.2. The van der Waals surface area contributed by atoms with Gasteiger partial charge in [-0.3, -0.25) is 9.59 Å². The summed E-state index contributed by atoms with van der Waals surface area (Å²) in [7, 11) is 0. The van der Waals surface area contributed by atoms with Crippen LogP contribution in [0.2, 0.25) is 0 Å². The van der Waals surface area contributed by atoms with Crippen molar-refractivity contribution in [2.24, 2.45) is 0 Å². The molecule has 6 heteroatoms. The Labute approximate surface area is 106 Å². The van der Waals surface area contributed by atoms with E-state index in [1.807, 2.05) is 0 Å². The van der Waals surface area contributed by atoms with Crippen molar-refractivity contribution in [3.8, 4) is 0 Å².